The van der Waals surface area contributed by atoms with E-state index in [0.717, 1.165) is 29.8 Å². The Kier molecular flexibility index (Phi) is 3.96. The molecule has 1 aliphatic carbocycles. The number of hydrogen-bond acceptors (Lipinski definition) is 1. The van der Waals surface area contributed by atoms with Crippen LogP contribution in [-0.2, 0) is 6.18 Å². The fourth-order valence-electron chi connectivity index (χ4n) is 2.94. The number of rotatable bonds is 4. The zero-order valence-corrected chi connectivity index (χ0v) is 12.3. The first-order chi connectivity index (χ1) is 10.5. The molecule has 4 heteroatoms. The van der Waals surface area contributed by atoms with Gasteiger partial charge in [0.05, 0.1) is 5.56 Å². The Morgan fingerprint density at radius 3 is 2.41 bits per heavy atom. The van der Waals surface area contributed by atoms with Crippen LogP contribution in [0.1, 0.15) is 23.5 Å². The van der Waals surface area contributed by atoms with Gasteiger partial charge < -0.3 is 5.32 Å². The molecule has 0 saturated heterocycles. The molecule has 2 unspecified atom stereocenters. The summed E-state index contributed by atoms with van der Waals surface area (Å²) < 4.78 is 37.8. The number of benzene rings is 2. The summed E-state index contributed by atoms with van der Waals surface area (Å²) in [6.07, 6.45) is -3.11. The first-order valence-corrected chi connectivity index (χ1v) is 7.41. The molecule has 1 nitrogen and oxygen atoms in total. The number of nitrogens with one attached hydrogen (secondary N) is 1. The molecule has 0 aliphatic heterocycles. The molecule has 2 aromatic carbocycles. The third kappa shape index (κ3) is 3.17. The lowest BCUT2D eigenvalue weighted by molar-refractivity contribution is -0.137. The predicted molar refractivity (Wildman–Crippen MR) is 81.7 cm³/mol. The minimum atomic E-state index is -4.28. The molecule has 1 N–H and O–H groups in total. The maximum Gasteiger partial charge on any atom is 0.416 e. The van der Waals surface area contributed by atoms with Gasteiger partial charge in [-0.15, -0.1) is 0 Å². The zero-order chi connectivity index (χ0) is 15.7. The molecule has 3 rings (SSSR count). The van der Waals surface area contributed by atoms with E-state index in [0.29, 0.717) is 11.8 Å². The summed E-state index contributed by atoms with van der Waals surface area (Å²) in [5, 5.41) is 3.19. The monoisotopic (exact) mass is 305 g/mol. The first kappa shape index (κ1) is 15.1. The van der Waals surface area contributed by atoms with E-state index in [-0.39, 0.29) is 0 Å². The van der Waals surface area contributed by atoms with Gasteiger partial charge in [0, 0.05) is 0 Å². The van der Waals surface area contributed by atoms with E-state index in [9.17, 15) is 13.2 Å². The second-order valence-corrected chi connectivity index (χ2v) is 5.86. The highest BCUT2D eigenvalue weighted by Crippen LogP contribution is 2.47. The van der Waals surface area contributed by atoms with Gasteiger partial charge in [-0.2, -0.15) is 13.2 Å². The molecule has 0 spiro atoms. The van der Waals surface area contributed by atoms with Crippen molar-refractivity contribution in [2.75, 3.05) is 13.6 Å². The van der Waals surface area contributed by atoms with Crippen LogP contribution in [-0.4, -0.2) is 13.6 Å². The smallest absolute Gasteiger partial charge is 0.319 e. The normalized spacial score (nSPS) is 20.9. The molecule has 0 aromatic heterocycles. The van der Waals surface area contributed by atoms with E-state index < -0.39 is 11.7 Å². The molecular formula is C18H18F3N. The van der Waals surface area contributed by atoms with E-state index >= 15 is 0 Å². The van der Waals surface area contributed by atoms with Gasteiger partial charge in [-0.25, -0.2) is 0 Å². The molecule has 116 valence electrons. The topological polar surface area (TPSA) is 12.0 Å². The lowest BCUT2D eigenvalue weighted by atomic mass is 9.99. The van der Waals surface area contributed by atoms with Crippen molar-refractivity contribution >= 4 is 0 Å². The van der Waals surface area contributed by atoms with E-state index in [1.165, 1.54) is 12.0 Å². The zero-order valence-electron chi connectivity index (χ0n) is 12.3. The molecule has 2 atom stereocenters. The summed E-state index contributed by atoms with van der Waals surface area (Å²) in [5.74, 6) is 1.25. The van der Waals surface area contributed by atoms with Crippen LogP contribution in [0.3, 0.4) is 0 Å². The minimum Gasteiger partial charge on any atom is -0.319 e. The Hall–Kier alpha value is -1.81. The van der Waals surface area contributed by atoms with Gasteiger partial charge in [-0.3, -0.25) is 0 Å². The summed E-state index contributed by atoms with van der Waals surface area (Å²) in [6.45, 7) is 1.01. The fourth-order valence-corrected chi connectivity index (χ4v) is 2.94. The van der Waals surface area contributed by atoms with Crippen LogP contribution in [0.2, 0.25) is 0 Å². The van der Waals surface area contributed by atoms with Gasteiger partial charge >= 0.3 is 6.18 Å². The van der Waals surface area contributed by atoms with Crippen LogP contribution in [0.4, 0.5) is 13.2 Å². The second-order valence-electron chi connectivity index (χ2n) is 5.86. The SMILES string of the molecule is CNCC1CC1c1cccc(-c2ccc(C(F)(F)F)cc2)c1. The summed E-state index contributed by atoms with van der Waals surface area (Å²) in [6, 6.07) is 13.5. The Labute approximate surface area is 128 Å². The quantitative estimate of drug-likeness (QED) is 0.863. The van der Waals surface area contributed by atoms with Crippen LogP contribution in [0, 0.1) is 5.92 Å². The van der Waals surface area contributed by atoms with Crippen molar-refractivity contribution < 1.29 is 13.2 Å². The Bertz CT molecular complexity index is 646. The first-order valence-electron chi connectivity index (χ1n) is 7.41. The molecule has 0 amide bonds. The number of alkyl halides is 3. The molecular weight excluding hydrogens is 287 g/mol. The van der Waals surface area contributed by atoms with E-state index in [1.807, 2.05) is 19.2 Å². The standard InChI is InChI=1S/C18H18F3N/c1-22-11-15-10-17(15)14-4-2-3-13(9-14)12-5-7-16(8-6-12)18(19,20)21/h2-9,15,17,22H,10-11H2,1H3. The molecule has 0 heterocycles. The van der Waals surface area contributed by atoms with Gasteiger partial charge in [0.1, 0.15) is 0 Å². The third-order valence-corrected chi connectivity index (χ3v) is 4.25. The second kappa shape index (κ2) is 5.76. The summed E-state index contributed by atoms with van der Waals surface area (Å²) in [5.41, 5.74) is 2.46. The van der Waals surface area contributed by atoms with Gasteiger partial charge in [0.25, 0.3) is 0 Å². The number of halogens is 3. The summed E-state index contributed by atoms with van der Waals surface area (Å²) in [7, 11) is 1.95. The van der Waals surface area contributed by atoms with Crippen molar-refractivity contribution in [3.8, 4) is 11.1 Å². The third-order valence-electron chi connectivity index (χ3n) is 4.25. The fraction of sp³-hybridized carbons (Fsp3) is 0.333. The highest BCUT2D eigenvalue weighted by Gasteiger charge is 2.37. The highest BCUT2D eigenvalue weighted by atomic mass is 19.4. The molecule has 0 radical (unpaired) electrons. The molecule has 0 bridgehead atoms. The molecule has 1 saturated carbocycles. The highest BCUT2D eigenvalue weighted by molar-refractivity contribution is 5.65. The van der Waals surface area contributed by atoms with Crippen molar-refractivity contribution in [3.63, 3.8) is 0 Å². The van der Waals surface area contributed by atoms with E-state index in [4.69, 9.17) is 0 Å². The Balaban J connectivity index is 1.81. The number of hydrogen-bond donors (Lipinski definition) is 1. The van der Waals surface area contributed by atoms with Gasteiger partial charge in [0.15, 0.2) is 0 Å². The predicted octanol–water partition coefficient (Wildman–Crippen LogP) is 4.70. The maximum absolute atomic E-state index is 12.6. The van der Waals surface area contributed by atoms with Crippen molar-refractivity contribution in [2.45, 2.75) is 18.5 Å². The van der Waals surface area contributed by atoms with Crippen LogP contribution < -0.4 is 5.32 Å². The summed E-state index contributed by atoms with van der Waals surface area (Å²) >= 11 is 0. The Morgan fingerprint density at radius 1 is 1.05 bits per heavy atom. The average Bonchev–Trinajstić information content (AvgIpc) is 3.26. The van der Waals surface area contributed by atoms with Crippen LogP contribution in [0.15, 0.2) is 48.5 Å². The van der Waals surface area contributed by atoms with Crippen molar-refractivity contribution in [1.29, 1.82) is 0 Å². The minimum absolute atomic E-state index is 0.571. The average molecular weight is 305 g/mol. The van der Waals surface area contributed by atoms with Gasteiger partial charge in [0.2, 0.25) is 0 Å². The molecule has 2 aromatic rings. The summed E-state index contributed by atoms with van der Waals surface area (Å²) in [4.78, 5) is 0. The van der Waals surface area contributed by atoms with Crippen LogP contribution in [0.5, 0.6) is 0 Å². The van der Waals surface area contributed by atoms with E-state index in [1.54, 1.807) is 12.1 Å². The van der Waals surface area contributed by atoms with Crippen molar-refractivity contribution in [3.05, 3.63) is 59.7 Å². The van der Waals surface area contributed by atoms with Crippen molar-refractivity contribution in [2.24, 2.45) is 5.92 Å². The molecule has 22 heavy (non-hydrogen) atoms. The lowest BCUT2D eigenvalue weighted by Gasteiger charge is -2.09. The van der Waals surface area contributed by atoms with Crippen LogP contribution in [0.25, 0.3) is 11.1 Å². The largest absolute Gasteiger partial charge is 0.416 e. The van der Waals surface area contributed by atoms with Gasteiger partial charge in [-0.1, -0.05) is 36.4 Å². The Morgan fingerprint density at radius 2 is 1.77 bits per heavy atom. The lowest BCUT2D eigenvalue weighted by Crippen LogP contribution is -2.10. The molecule has 1 aliphatic rings. The maximum atomic E-state index is 12.6. The van der Waals surface area contributed by atoms with Crippen molar-refractivity contribution in [1.82, 2.24) is 5.32 Å². The van der Waals surface area contributed by atoms with E-state index in [2.05, 4.69) is 17.4 Å². The van der Waals surface area contributed by atoms with Gasteiger partial charge in [-0.05, 0) is 60.7 Å². The molecule has 1 fully saturated rings. The van der Waals surface area contributed by atoms with Crippen LogP contribution >= 0.6 is 0 Å².